The van der Waals surface area contributed by atoms with Gasteiger partial charge in [0.15, 0.2) is 0 Å². The zero-order valence-electron chi connectivity index (χ0n) is 7.84. The first-order valence-electron chi connectivity index (χ1n) is 4.42. The lowest BCUT2D eigenvalue weighted by atomic mass is 10.1. The summed E-state index contributed by atoms with van der Waals surface area (Å²) >= 11 is 1.64. The lowest BCUT2D eigenvalue weighted by molar-refractivity contribution is 0.215. The summed E-state index contributed by atoms with van der Waals surface area (Å²) in [7, 11) is 0. The summed E-state index contributed by atoms with van der Waals surface area (Å²) in [5.41, 5.74) is 1.66. The molecule has 1 unspecified atom stereocenters. The highest BCUT2D eigenvalue weighted by Gasteiger charge is 2.13. The molecule has 0 aliphatic rings. The van der Waals surface area contributed by atoms with Crippen molar-refractivity contribution < 1.29 is 5.11 Å². The lowest BCUT2D eigenvalue weighted by Crippen LogP contribution is -2.01. The highest BCUT2D eigenvalue weighted by atomic mass is 32.1. The molecule has 0 fully saturated rings. The van der Waals surface area contributed by atoms with Crippen LogP contribution in [0, 0.1) is 6.92 Å². The smallest absolute Gasteiger partial charge is 0.122 e. The summed E-state index contributed by atoms with van der Waals surface area (Å²) in [6.45, 7) is 2.01. The molecule has 1 N–H and O–H groups in total. The van der Waals surface area contributed by atoms with Crippen molar-refractivity contribution in [3.8, 4) is 0 Å². The molecule has 0 saturated heterocycles. The second-order valence-electron chi connectivity index (χ2n) is 3.09. The quantitative estimate of drug-likeness (QED) is 0.817. The number of hydrogen-bond acceptors (Lipinski definition) is 3. The Morgan fingerprint density at radius 1 is 1.36 bits per heavy atom. The predicted octanol–water partition coefficient (Wildman–Crippen LogP) is 2.53. The normalized spacial score (nSPS) is 12.7. The third-order valence-electron chi connectivity index (χ3n) is 2.16. The van der Waals surface area contributed by atoms with E-state index in [9.17, 15) is 5.11 Å². The SMILES string of the molecule is Cc1sccc1C(O)c1ccccn1. The van der Waals surface area contributed by atoms with E-state index in [4.69, 9.17) is 0 Å². The van der Waals surface area contributed by atoms with Crippen LogP contribution in [0.5, 0.6) is 0 Å². The molecule has 0 aliphatic heterocycles. The fraction of sp³-hybridized carbons (Fsp3) is 0.182. The Bertz CT molecular complexity index is 410. The molecule has 0 radical (unpaired) electrons. The van der Waals surface area contributed by atoms with E-state index in [1.807, 2.05) is 36.6 Å². The number of aliphatic hydroxyl groups is 1. The monoisotopic (exact) mass is 205 g/mol. The van der Waals surface area contributed by atoms with Crippen molar-refractivity contribution in [1.82, 2.24) is 4.98 Å². The van der Waals surface area contributed by atoms with Crippen LogP contribution in [0.15, 0.2) is 35.8 Å². The molecule has 2 rings (SSSR count). The van der Waals surface area contributed by atoms with Gasteiger partial charge in [-0.1, -0.05) is 6.07 Å². The second-order valence-corrected chi connectivity index (χ2v) is 4.21. The summed E-state index contributed by atoms with van der Waals surface area (Å²) in [5.74, 6) is 0. The van der Waals surface area contributed by atoms with E-state index in [-0.39, 0.29) is 0 Å². The van der Waals surface area contributed by atoms with Crippen molar-refractivity contribution in [2.24, 2.45) is 0 Å². The van der Waals surface area contributed by atoms with Crippen molar-refractivity contribution in [3.63, 3.8) is 0 Å². The standard InChI is InChI=1S/C11H11NOS/c1-8-9(5-7-14-8)11(13)10-4-2-3-6-12-10/h2-7,11,13H,1H3. The van der Waals surface area contributed by atoms with E-state index in [0.29, 0.717) is 5.69 Å². The molecule has 72 valence electrons. The second kappa shape index (κ2) is 3.90. The van der Waals surface area contributed by atoms with Gasteiger partial charge in [0.25, 0.3) is 0 Å². The van der Waals surface area contributed by atoms with Crippen molar-refractivity contribution in [2.75, 3.05) is 0 Å². The molecule has 2 aromatic heterocycles. The van der Waals surface area contributed by atoms with Crippen molar-refractivity contribution in [3.05, 3.63) is 52.0 Å². The Labute approximate surface area is 86.9 Å². The molecule has 0 amide bonds. The Hall–Kier alpha value is -1.19. The molecule has 3 heteroatoms. The van der Waals surface area contributed by atoms with Gasteiger partial charge in [0.2, 0.25) is 0 Å². The Morgan fingerprint density at radius 3 is 2.79 bits per heavy atom. The third-order valence-corrected chi connectivity index (χ3v) is 3.02. The number of rotatable bonds is 2. The minimum Gasteiger partial charge on any atom is -0.382 e. The fourth-order valence-corrected chi connectivity index (χ4v) is 2.11. The molecule has 0 spiro atoms. The van der Waals surface area contributed by atoms with Gasteiger partial charge in [0, 0.05) is 16.6 Å². The van der Waals surface area contributed by atoms with Gasteiger partial charge in [-0.25, -0.2) is 0 Å². The van der Waals surface area contributed by atoms with Crippen LogP contribution in [0.3, 0.4) is 0 Å². The van der Waals surface area contributed by atoms with E-state index < -0.39 is 6.10 Å². The zero-order valence-corrected chi connectivity index (χ0v) is 8.66. The molecule has 2 aromatic rings. The summed E-state index contributed by atoms with van der Waals surface area (Å²) < 4.78 is 0. The van der Waals surface area contributed by atoms with E-state index in [0.717, 1.165) is 10.4 Å². The molecule has 2 heterocycles. The first-order chi connectivity index (χ1) is 6.79. The van der Waals surface area contributed by atoms with E-state index in [1.165, 1.54) is 0 Å². The van der Waals surface area contributed by atoms with Crippen LogP contribution in [0.1, 0.15) is 22.2 Å². The van der Waals surface area contributed by atoms with E-state index >= 15 is 0 Å². The highest BCUT2D eigenvalue weighted by molar-refractivity contribution is 7.10. The van der Waals surface area contributed by atoms with Crippen LogP contribution < -0.4 is 0 Å². The van der Waals surface area contributed by atoms with Gasteiger partial charge in [-0.15, -0.1) is 11.3 Å². The summed E-state index contributed by atoms with van der Waals surface area (Å²) in [4.78, 5) is 5.27. The predicted molar refractivity (Wildman–Crippen MR) is 57.4 cm³/mol. The van der Waals surface area contributed by atoms with Gasteiger partial charge in [-0.3, -0.25) is 4.98 Å². The number of pyridine rings is 1. The third kappa shape index (κ3) is 1.69. The van der Waals surface area contributed by atoms with Gasteiger partial charge in [0.1, 0.15) is 6.10 Å². The van der Waals surface area contributed by atoms with E-state index in [1.54, 1.807) is 17.5 Å². The van der Waals surface area contributed by atoms with Crippen molar-refractivity contribution in [2.45, 2.75) is 13.0 Å². The molecular formula is C11H11NOS. The number of aryl methyl sites for hydroxylation is 1. The number of thiophene rings is 1. The van der Waals surface area contributed by atoms with Gasteiger partial charge < -0.3 is 5.11 Å². The first-order valence-corrected chi connectivity index (χ1v) is 5.30. The molecular weight excluding hydrogens is 194 g/mol. The maximum Gasteiger partial charge on any atom is 0.122 e. The maximum absolute atomic E-state index is 10.0. The van der Waals surface area contributed by atoms with Gasteiger partial charge in [0.05, 0.1) is 5.69 Å². The molecule has 0 aliphatic carbocycles. The largest absolute Gasteiger partial charge is 0.382 e. The van der Waals surface area contributed by atoms with Crippen molar-refractivity contribution >= 4 is 11.3 Å². The minimum absolute atomic E-state index is 0.595. The Balaban J connectivity index is 2.34. The Morgan fingerprint density at radius 2 is 2.21 bits per heavy atom. The average Bonchev–Trinajstić information content (AvgIpc) is 2.65. The summed E-state index contributed by atoms with van der Waals surface area (Å²) in [5, 5.41) is 12.0. The maximum atomic E-state index is 10.0. The Kier molecular flexibility index (Phi) is 2.61. The molecule has 14 heavy (non-hydrogen) atoms. The van der Waals surface area contributed by atoms with Crippen LogP contribution in [0.25, 0.3) is 0 Å². The van der Waals surface area contributed by atoms with Gasteiger partial charge in [-0.2, -0.15) is 0 Å². The summed E-state index contributed by atoms with van der Waals surface area (Å²) in [6.07, 6.45) is 1.10. The van der Waals surface area contributed by atoms with Gasteiger partial charge in [-0.05, 0) is 30.5 Å². The van der Waals surface area contributed by atoms with Crippen LogP contribution in [0.2, 0.25) is 0 Å². The molecule has 0 bridgehead atoms. The molecule has 0 saturated carbocycles. The minimum atomic E-state index is -0.595. The number of hydrogen-bond donors (Lipinski definition) is 1. The number of nitrogens with zero attached hydrogens (tertiary/aromatic N) is 1. The fourth-order valence-electron chi connectivity index (χ4n) is 1.38. The summed E-state index contributed by atoms with van der Waals surface area (Å²) in [6, 6.07) is 7.51. The van der Waals surface area contributed by atoms with Crippen LogP contribution in [0.4, 0.5) is 0 Å². The first kappa shape index (κ1) is 9.37. The number of aliphatic hydroxyl groups excluding tert-OH is 1. The van der Waals surface area contributed by atoms with Crippen LogP contribution in [-0.2, 0) is 0 Å². The van der Waals surface area contributed by atoms with E-state index in [2.05, 4.69) is 4.98 Å². The highest BCUT2D eigenvalue weighted by Crippen LogP contribution is 2.26. The number of aromatic nitrogens is 1. The zero-order chi connectivity index (χ0) is 9.97. The van der Waals surface area contributed by atoms with Crippen LogP contribution >= 0.6 is 11.3 Å². The van der Waals surface area contributed by atoms with Crippen LogP contribution in [-0.4, -0.2) is 10.1 Å². The molecule has 1 atom stereocenters. The lowest BCUT2D eigenvalue weighted by Gasteiger charge is -2.08. The van der Waals surface area contributed by atoms with Gasteiger partial charge >= 0.3 is 0 Å². The molecule has 0 aromatic carbocycles. The molecule has 2 nitrogen and oxygen atoms in total. The average molecular weight is 205 g/mol. The van der Waals surface area contributed by atoms with Crippen molar-refractivity contribution in [1.29, 1.82) is 0 Å². The topological polar surface area (TPSA) is 33.1 Å².